The lowest BCUT2D eigenvalue weighted by Crippen LogP contribution is -2.19. The molecule has 0 amide bonds. The fraction of sp³-hybridized carbons (Fsp3) is 0.188. The predicted octanol–water partition coefficient (Wildman–Crippen LogP) is 3.57. The monoisotopic (exact) mass is 237 g/mol. The second-order valence-corrected chi connectivity index (χ2v) is 4.75. The number of hydrogen-bond donors (Lipinski definition) is 1. The molecule has 0 unspecified atom stereocenters. The highest BCUT2D eigenvalue weighted by molar-refractivity contribution is 5.92. The normalized spacial score (nSPS) is 15.1. The maximum Gasteiger partial charge on any atom is 0.0658 e. The molecule has 0 saturated heterocycles. The van der Waals surface area contributed by atoms with Gasteiger partial charge in [-0.2, -0.15) is 0 Å². The minimum atomic E-state index is 0.0798. The number of rotatable bonds is 1. The summed E-state index contributed by atoms with van der Waals surface area (Å²) in [7, 11) is 0. The molecule has 2 heteroatoms. The van der Waals surface area contributed by atoms with Crippen molar-refractivity contribution in [2.75, 3.05) is 0 Å². The van der Waals surface area contributed by atoms with E-state index < -0.39 is 0 Å². The zero-order valence-electron chi connectivity index (χ0n) is 10.3. The summed E-state index contributed by atoms with van der Waals surface area (Å²) in [5, 5.41) is 12.6. The second-order valence-electron chi connectivity index (χ2n) is 4.75. The summed E-state index contributed by atoms with van der Waals surface area (Å²) < 4.78 is 0. The lowest BCUT2D eigenvalue weighted by molar-refractivity contribution is 0.317. The van der Waals surface area contributed by atoms with Crippen molar-refractivity contribution in [2.24, 2.45) is 5.16 Å². The first kappa shape index (κ1) is 11.0. The molecule has 0 bridgehead atoms. The minimum Gasteiger partial charge on any atom is -0.411 e. The maximum absolute atomic E-state index is 9.13. The van der Waals surface area contributed by atoms with Crippen LogP contribution in [0.1, 0.15) is 35.1 Å². The first-order valence-electron chi connectivity index (χ1n) is 6.15. The summed E-state index contributed by atoms with van der Waals surface area (Å²) in [6, 6.07) is 16.8. The van der Waals surface area contributed by atoms with Gasteiger partial charge in [0.1, 0.15) is 0 Å². The molecule has 90 valence electrons. The summed E-state index contributed by atoms with van der Waals surface area (Å²) in [6.45, 7) is 1.88. The molecule has 3 rings (SSSR count). The van der Waals surface area contributed by atoms with E-state index in [2.05, 4.69) is 41.6 Å². The van der Waals surface area contributed by atoms with Crippen LogP contribution < -0.4 is 0 Å². The van der Waals surface area contributed by atoms with Crippen LogP contribution in [0.25, 0.3) is 0 Å². The third-order valence-corrected chi connectivity index (χ3v) is 3.69. The Balaban J connectivity index is 2.24. The fourth-order valence-electron chi connectivity index (χ4n) is 2.83. The van der Waals surface area contributed by atoms with E-state index >= 15 is 0 Å². The predicted molar refractivity (Wildman–Crippen MR) is 72.4 cm³/mol. The van der Waals surface area contributed by atoms with Gasteiger partial charge in [-0.1, -0.05) is 53.7 Å². The Morgan fingerprint density at radius 3 is 2.00 bits per heavy atom. The van der Waals surface area contributed by atoms with E-state index in [1.165, 1.54) is 22.3 Å². The zero-order valence-corrected chi connectivity index (χ0v) is 10.3. The van der Waals surface area contributed by atoms with Crippen molar-refractivity contribution in [2.45, 2.75) is 19.3 Å². The standard InChI is InChI=1S/C16H15NO/c1-11(17-18)16-14-8-4-2-6-12(14)10-13-7-3-5-9-15(13)16/h2-9,16,18H,10H2,1H3. The van der Waals surface area contributed by atoms with E-state index in [-0.39, 0.29) is 5.92 Å². The van der Waals surface area contributed by atoms with Crippen molar-refractivity contribution in [3.05, 3.63) is 70.8 Å². The minimum absolute atomic E-state index is 0.0798. The zero-order chi connectivity index (χ0) is 12.5. The molecule has 0 aromatic heterocycles. The van der Waals surface area contributed by atoms with Crippen molar-refractivity contribution >= 4 is 5.71 Å². The van der Waals surface area contributed by atoms with Gasteiger partial charge in [0.2, 0.25) is 0 Å². The number of nitrogens with zero attached hydrogens (tertiary/aromatic N) is 1. The summed E-state index contributed by atoms with van der Waals surface area (Å²) in [6.07, 6.45) is 0.960. The lowest BCUT2D eigenvalue weighted by atomic mass is 9.76. The Bertz CT molecular complexity index is 570. The molecule has 2 nitrogen and oxygen atoms in total. The SMILES string of the molecule is CC(=NO)C1c2ccccc2Cc2ccccc21. The molecular weight excluding hydrogens is 222 g/mol. The Hall–Kier alpha value is -2.09. The van der Waals surface area contributed by atoms with E-state index in [0.717, 1.165) is 12.1 Å². The topological polar surface area (TPSA) is 32.6 Å². The Labute approximate surface area is 107 Å². The van der Waals surface area contributed by atoms with Gasteiger partial charge >= 0.3 is 0 Å². The van der Waals surface area contributed by atoms with Crippen LogP contribution in [0.2, 0.25) is 0 Å². The average Bonchev–Trinajstić information content (AvgIpc) is 2.44. The van der Waals surface area contributed by atoms with E-state index in [1.807, 2.05) is 19.1 Å². The molecule has 0 aliphatic heterocycles. The molecule has 2 aromatic rings. The van der Waals surface area contributed by atoms with Crippen LogP contribution >= 0.6 is 0 Å². The van der Waals surface area contributed by atoms with Crippen LogP contribution in [-0.2, 0) is 6.42 Å². The largest absolute Gasteiger partial charge is 0.411 e. The number of hydrogen-bond acceptors (Lipinski definition) is 2. The number of oxime groups is 1. The van der Waals surface area contributed by atoms with Gasteiger partial charge in [0.25, 0.3) is 0 Å². The van der Waals surface area contributed by atoms with Crippen LogP contribution in [0, 0.1) is 0 Å². The van der Waals surface area contributed by atoms with Crippen molar-refractivity contribution in [3.63, 3.8) is 0 Å². The van der Waals surface area contributed by atoms with Crippen LogP contribution in [0.4, 0.5) is 0 Å². The summed E-state index contributed by atoms with van der Waals surface area (Å²) in [5.74, 6) is 0.0798. The first-order valence-corrected chi connectivity index (χ1v) is 6.15. The fourth-order valence-corrected chi connectivity index (χ4v) is 2.83. The van der Waals surface area contributed by atoms with E-state index in [1.54, 1.807) is 0 Å². The Morgan fingerprint density at radius 2 is 1.50 bits per heavy atom. The smallest absolute Gasteiger partial charge is 0.0658 e. The first-order chi connectivity index (χ1) is 8.81. The van der Waals surface area contributed by atoms with Gasteiger partial charge in [0.15, 0.2) is 0 Å². The molecule has 18 heavy (non-hydrogen) atoms. The van der Waals surface area contributed by atoms with Crippen LogP contribution in [0.5, 0.6) is 0 Å². The van der Waals surface area contributed by atoms with Gasteiger partial charge in [-0.3, -0.25) is 0 Å². The maximum atomic E-state index is 9.13. The van der Waals surface area contributed by atoms with Gasteiger partial charge in [-0.25, -0.2) is 0 Å². The molecule has 0 spiro atoms. The van der Waals surface area contributed by atoms with Crippen molar-refractivity contribution in [1.82, 2.24) is 0 Å². The third-order valence-electron chi connectivity index (χ3n) is 3.69. The van der Waals surface area contributed by atoms with Crippen LogP contribution in [0.3, 0.4) is 0 Å². The highest BCUT2D eigenvalue weighted by atomic mass is 16.4. The molecule has 0 fully saturated rings. The van der Waals surface area contributed by atoms with Crippen LogP contribution in [0.15, 0.2) is 53.7 Å². The van der Waals surface area contributed by atoms with Gasteiger partial charge < -0.3 is 5.21 Å². The average molecular weight is 237 g/mol. The molecular formula is C16H15NO. The summed E-state index contributed by atoms with van der Waals surface area (Å²) >= 11 is 0. The summed E-state index contributed by atoms with van der Waals surface area (Å²) in [4.78, 5) is 0. The molecule has 0 atom stereocenters. The van der Waals surface area contributed by atoms with Gasteiger partial charge in [-0.05, 0) is 35.6 Å². The van der Waals surface area contributed by atoms with Crippen molar-refractivity contribution in [1.29, 1.82) is 0 Å². The molecule has 1 aliphatic carbocycles. The molecule has 1 N–H and O–H groups in total. The Morgan fingerprint density at radius 1 is 1.00 bits per heavy atom. The molecule has 0 radical (unpaired) electrons. The number of benzene rings is 2. The Kier molecular flexibility index (Phi) is 2.63. The van der Waals surface area contributed by atoms with Gasteiger partial charge in [0, 0.05) is 0 Å². The molecule has 0 saturated carbocycles. The summed E-state index contributed by atoms with van der Waals surface area (Å²) in [5.41, 5.74) is 5.90. The highest BCUT2D eigenvalue weighted by Crippen LogP contribution is 2.37. The highest BCUT2D eigenvalue weighted by Gasteiger charge is 2.27. The quantitative estimate of drug-likeness (QED) is 0.459. The van der Waals surface area contributed by atoms with E-state index in [0.29, 0.717) is 0 Å². The third kappa shape index (κ3) is 1.61. The van der Waals surface area contributed by atoms with Gasteiger partial charge in [-0.15, -0.1) is 0 Å². The van der Waals surface area contributed by atoms with Crippen molar-refractivity contribution in [3.8, 4) is 0 Å². The van der Waals surface area contributed by atoms with Gasteiger partial charge in [0.05, 0.1) is 11.6 Å². The van der Waals surface area contributed by atoms with Crippen molar-refractivity contribution < 1.29 is 5.21 Å². The second kappa shape index (κ2) is 4.30. The number of fused-ring (bicyclic) bond motifs is 2. The van der Waals surface area contributed by atoms with E-state index in [9.17, 15) is 0 Å². The molecule has 2 aromatic carbocycles. The van der Waals surface area contributed by atoms with E-state index in [4.69, 9.17) is 5.21 Å². The molecule has 0 heterocycles. The van der Waals surface area contributed by atoms with Crippen LogP contribution in [-0.4, -0.2) is 10.9 Å². The molecule has 1 aliphatic rings. The lowest BCUT2D eigenvalue weighted by Gasteiger charge is -2.27.